The minimum absolute atomic E-state index is 0.0647. The van der Waals surface area contributed by atoms with Crippen molar-refractivity contribution in [1.29, 1.82) is 0 Å². The molecule has 0 aromatic rings. The number of amides is 2. The van der Waals surface area contributed by atoms with Crippen molar-refractivity contribution in [3.8, 4) is 0 Å². The molecule has 0 fully saturated rings. The van der Waals surface area contributed by atoms with E-state index in [-0.39, 0.29) is 18.8 Å². The highest BCUT2D eigenvalue weighted by Crippen LogP contribution is 2.16. The number of carbonyl (C=O) groups is 4. The van der Waals surface area contributed by atoms with Gasteiger partial charge in [0.1, 0.15) is 12.1 Å². The van der Waals surface area contributed by atoms with Gasteiger partial charge in [-0.15, -0.1) is 0 Å². The average Bonchev–Trinajstić information content (AvgIpc) is 2.99. The van der Waals surface area contributed by atoms with Gasteiger partial charge in [0.2, 0.25) is 11.8 Å². The molecule has 0 aromatic heterocycles. The van der Waals surface area contributed by atoms with Crippen LogP contribution in [-0.2, 0) is 23.9 Å². The third-order valence-corrected chi connectivity index (χ3v) is 8.11. The first-order chi connectivity index (χ1) is 22.0. The molecule has 2 amide bonds. The van der Waals surface area contributed by atoms with E-state index in [1.165, 1.54) is 77.0 Å². The van der Waals surface area contributed by atoms with Crippen molar-refractivity contribution in [2.24, 2.45) is 11.8 Å². The number of carbonyl (C=O) groups excluding carboxylic acids is 3. The SMILES string of the molecule is CC(C)CCCCCCCC=CCCC(=O)O[C@H](CCCCCCCCCCCC(C)C)CC(=O)NCC(=O)N[C@@H](CO)C(=O)O. The van der Waals surface area contributed by atoms with Gasteiger partial charge in [-0.25, -0.2) is 4.79 Å². The van der Waals surface area contributed by atoms with Crippen LogP contribution in [0.5, 0.6) is 0 Å². The molecule has 0 bridgehead atoms. The average molecular weight is 653 g/mol. The van der Waals surface area contributed by atoms with Gasteiger partial charge < -0.3 is 25.6 Å². The Labute approximate surface area is 280 Å². The van der Waals surface area contributed by atoms with E-state index < -0.39 is 43.1 Å². The Morgan fingerprint density at radius 3 is 1.63 bits per heavy atom. The molecule has 9 heteroatoms. The minimum Gasteiger partial charge on any atom is -0.480 e. The number of carboxylic acid groups (broad SMARTS) is 1. The predicted molar refractivity (Wildman–Crippen MR) is 185 cm³/mol. The summed E-state index contributed by atoms with van der Waals surface area (Å²) in [5, 5.41) is 22.6. The van der Waals surface area contributed by atoms with Crippen molar-refractivity contribution in [2.45, 2.75) is 175 Å². The van der Waals surface area contributed by atoms with Crippen LogP contribution in [0.4, 0.5) is 0 Å². The van der Waals surface area contributed by atoms with E-state index in [0.29, 0.717) is 12.8 Å². The van der Waals surface area contributed by atoms with E-state index in [9.17, 15) is 19.2 Å². The van der Waals surface area contributed by atoms with Crippen LogP contribution in [0.1, 0.15) is 163 Å². The second kappa shape index (κ2) is 29.9. The summed E-state index contributed by atoms with van der Waals surface area (Å²) in [6.07, 6.45) is 25.4. The number of aliphatic hydroxyl groups excluding tert-OH is 1. The summed E-state index contributed by atoms with van der Waals surface area (Å²) in [4.78, 5) is 48.1. The molecule has 0 aliphatic carbocycles. The Kier molecular flexibility index (Phi) is 28.4. The van der Waals surface area contributed by atoms with Gasteiger partial charge in [0, 0.05) is 6.42 Å². The van der Waals surface area contributed by atoms with Crippen LogP contribution in [0.25, 0.3) is 0 Å². The molecule has 2 atom stereocenters. The van der Waals surface area contributed by atoms with Gasteiger partial charge >= 0.3 is 11.9 Å². The molecule has 0 saturated heterocycles. The van der Waals surface area contributed by atoms with Gasteiger partial charge in [0.05, 0.1) is 19.6 Å². The second-order valence-corrected chi connectivity index (χ2v) is 13.6. The third-order valence-electron chi connectivity index (χ3n) is 8.11. The molecular formula is C37H68N2O7. The number of allylic oxidation sites excluding steroid dienone is 2. The second-order valence-electron chi connectivity index (χ2n) is 13.6. The molecule has 0 heterocycles. The monoisotopic (exact) mass is 653 g/mol. The number of carboxylic acids is 1. The molecule has 0 saturated carbocycles. The van der Waals surface area contributed by atoms with E-state index in [4.69, 9.17) is 14.9 Å². The van der Waals surface area contributed by atoms with Crippen molar-refractivity contribution in [2.75, 3.05) is 13.2 Å². The van der Waals surface area contributed by atoms with E-state index >= 15 is 0 Å². The molecule has 0 aliphatic heterocycles. The molecule has 9 nitrogen and oxygen atoms in total. The fraction of sp³-hybridized carbons (Fsp3) is 0.838. The molecule has 0 radical (unpaired) electrons. The zero-order valence-electron chi connectivity index (χ0n) is 29.7. The lowest BCUT2D eigenvalue weighted by Gasteiger charge is -2.18. The molecule has 268 valence electrons. The lowest BCUT2D eigenvalue weighted by Crippen LogP contribution is -2.47. The van der Waals surface area contributed by atoms with Crippen LogP contribution in [0, 0.1) is 11.8 Å². The summed E-state index contributed by atoms with van der Waals surface area (Å²) < 4.78 is 5.70. The summed E-state index contributed by atoms with van der Waals surface area (Å²) >= 11 is 0. The fourth-order valence-electron chi connectivity index (χ4n) is 5.28. The van der Waals surface area contributed by atoms with Crippen LogP contribution >= 0.6 is 0 Å². The van der Waals surface area contributed by atoms with Gasteiger partial charge in [-0.2, -0.15) is 0 Å². The first kappa shape index (κ1) is 43.6. The number of aliphatic carboxylic acids is 1. The van der Waals surface area contributed by atoms with Crippen molar-refractivity contribution in [3.63, 3.8) is 0 Å². The van der Waals surface area contributed by atoms with Crippen LogP contribution in [0.3, 0.4) is 0 Å². The third kappa shape index (κ3) is 29.0. The molecule has 0 rings (SSSR count). The number of unbranched alkanes of at least 4 members (excludes halogenated alkanes) is 13. The number of rotatable bonds is 31. The maximum atomic E-state index is 12.6. The van der Waals surface area contributed by atoms with Crippen molar-refractivity contribution in [3.05, 3.63) is 12.2 Å². The quantitative estimate of drug-likeness (QED) is 0.0343. The molecule has 0 spiro atoms. The summed E-state index contributed by atoms with van der Waals surface area (Å²) in [7, 11) is 0. The highest BCUT2D eigenvalue weighted by molar-refractivity contribution is 5.88. The molecule has 0 aromatic carbocycles. The number of hydrogen-bond donors (Lipinski definition) is 4. The maximum Gasteiger partial charge on any atom is 0.328 e. The fourth-order valence-corrected chi connectivity index (χ4v) is 5.28. The summed E-state index contributed by atoms with van der Waals surface area (Å²) in [6.45, 7) is 7.89. The van der Waals surface area contributed by atoms with Crippen molar-refractivity contribution in [1.82, 2.24) is 10.6 Å². The maximum absolute atomic E-state index is 12.6. The number of aliphatic hydroxyl groups is 1. The summed E-state index contributed by atoms with van der Waals surface area (Å²) in [5.41, 5.74) is 0. The number of nitrogens with one attached hydrogen (secondary N) is 2. The Bertz CT molecular complexity index is 829. The largest absolute Gasteiger partial charge is 0.480 e. The van der Waals surface area contributed by atoms with Gasteiger partial charge in [0.25, 0.3) is 0 Å². The van der Waals surface area contributed by atoms with Crippen molar-refractivity contribution < 1.29 is 34.1 Å². The van der Waals surface area contributed by atoms with Gasteiger partial charge in [-0.05, 0) is 43.9 Å². The number of hydrogen-bond acceptors (Lipinski definition) is 6. The Morgan fingerprint density at radius 2 is 1.13 bits per heavy atom. The van der Waals surface area contributed by atoms with Crippen LogP contribution in [-0.4, -0.2) is 59.3 Å². The van der Waals surface area contributed by atoms with E-state index in [0.717, 1.165) is 43.9 Å². The highest BCUT2D eigenvalue weighted by atomic mass is 16.5. The molecule has 0 unspecified atom stereocenters. The van der Waals surface area contributed by atoms with Crippen LogP contribution in [0.15, 0.2) is 12.2 Å². The Morgan fingerprint density at radius 1 is 0.652 bits per heavy atom. The summed E-state index contributed by atoms with van der Waals surface area (Å²) in [5.74, 6) is -1.31. The standard InChI is InChI=1S/C37H68N2O7/c1-30(2)23-19-15-11-7-5-9-13-17-21-25-32(27-34(41)38-28-35(42)39-33(29-40)37(44)45)46-36(43)26-22-18-14-10-6-8-12-16-20-24-31(3)4/h14,18,30-33,40H,5-13,15-17,19-29H2,1-4H3,(H,38,41)(H,39,42)(H,44,45)/t32-,33+/m1/s1. The van der Waals surface area contributed by atoms with Crippen LogP contribution in [0.2, 0.25) is 0 Å². The lowest BCUT2D eigenvalue weighted by molar-refractivity contribution is -0.150. The smallest absolute Gasteiger partial charge is 0.328 e. The van der Waals surface area contributed by atoms with E-state index in [1.54, 1.807) is 0 Å². The Hall–Kier alpha value is -2.42. The number of ether oxygens (including phenoxy) is 1. The summed E-state index contributed by atoms with van der Waals surface area (Å²) in [6, 6.07) is -1.43. The van der Waals surface area contributed by atoms with E-state index in [1.807, 2.05) is 6.08 Å². The Balaban J connectivity index is 4.50. The van der Waals surface area contributed by atoms with Crippen molar-refractivity contribution >= 4 is 23.8 Å². The first-order valence-electron chi connectivity index (χ1n) is 18.3. The predicted octanol–water partition coefficient (Wildman–Crippen LogP) is 7.64. The zero-order valence-corrected chi connectivity index (χ0v) is 29.7. The molecule has 46 heavy (non-hydrogen) atoms. The minimum atomic E-state index is -1.43. The van der Waals surface area contributed by atoms with E-state index in [2.05, 4.69) is 44.4 Å². The van der Waals surface area contributed by atoms with Crippen LogP contribution < -0.4 is 10.6 Å². The van der Waals surface area contributed by atoms with Gasteiger partial charge in [0.15, 0.2) is 0 Å². The molecular weight excluding hydrogens is 584 g/mol. The van der Waals surface area contributed by atoms with Gasteiger partial charge in [-0.3, -0.25) is 14.4 Å². The first-order valence-corrected chi connectivity index (χ1v) is 18.3. The highest BCUT2D eigenvalue weighted by Gasteiger charge is 2.21. The normalized spacial score (nSPS) is 12.8. The number of esters is 1. The zero-order chi connectivity index (χ0) is 34.4. The molecule has 0 aliphatic rings. The van der Waals surface area contributed by atoms with Gasteiger partial charge in [-0.1, -0.05) is 130 Å². The lowest BCUT2D eigenvalue weighted by atomic mass is 10.0. The topological polar surface area (TPSA) is 142 Å². The molecule has 4 N–H and O–H groups in total.